The van der Waals surface area contributed by atoms with E-state index in [9.17, 15) is 4.79 Å². The van der Waals surface area contributed by atoms with Crippen molar-refractivity contribution in [3.63, 3.8) is 0 Å². The first-order chi connectivity index (χ1) is 7.98. The van der Waals surface area contributed by atoms with Crippen LogP contribution in [0.2, 0.25) is 0 Å². The molecule has 17 heavy (non-hydrogen) atoms. The zero-order valence-electron chi connectivity index (χ0n) is 11.5. The Morgan fingerprint density at radius 1 is 1.41 bits per heavy atom. The molecule has 2 N–H and O–H groups in total. The van der Waals surface area contributed by atoms with Gasteiger partial charge >= 0.3 is 0 Å². The van der Waals surface area contributed by atoms with Crippen molar-refractivity contribution >= 4 is 5.91 Å². The van der Waals surface area contributed by atoms with Crippen molar-refractivity contribution in [1.29, 1.82) is 0 Å². The third-order valence-corrected chi connectivity index (χ3v) is 4.19. The summed E-state index contributed by atoms with van der Waals surface area (Å²) < 4.78 is 0. The van der Waals surface area contributed by atoms with Gasteiger partial charge in [-0.15, -0.1) is 0 Å². The molecule has 1 unspecified atom stereocenters. The van der Waals surface area contributed by atoms with Gasteiger partial charge in [0.15, 0.2) is 0 Å². The standard InChI is InChI=1S/C14H27NO2/c1-11(8-9-16)10-15-13(17)14(2,3)12-6-4-5-7-12/h11-12,16H,4-10H2,1-3H3,(H,15,17). The summed E-state index contributed by atoms with van der Waals surface area (Å²) in [5.41, 5.74) is -0.241. The Balaban J connectivity index is 2.39. The second kappa shape index (κ2) is 6.39. The van der Waals surface area contributed by atoms with Gasteiger partial charge in [0.1, 0.15) is 0 Å². The molecule has 0 aromatic heterocycles. The summed E-state index contributed by atoms with van der Waals surface area (Å²) in [5.74, 6) is 1.06. The molecule has 0 aromatic carbocycles. The first kappa shape index (κ1) is 14.5. The number of nitrogens with one attached hydrogen (secondary N) is 1. The van der Waals surface area contributed by atoms with Crippen molar-refractivity contribution in [2.75, 3.05) is 13.2 Å². The van der Waals surface area contributed by atoms with Crippen LogP contribution in [0.5, 0.6) is 0 Å². The van der Waals surface area contributed by atoms with E-state index in [1.807, 2.05) is 0 Å². The molecular weight excluding hydrogens is 214 g/mol. The van der Waals surface area contributed by atoms with Crippen LogP contribution in [0.4, 0.5) is 0 Å². The number of amides is 1. The summed E-state index contributed by atoms with van der Waals surface area (Å²) in [4.78, 5) is 12.2. The first-order valence-electron chi connectivity index (χ1n) is 6.87. The van der Waals surface area contributed by atoms with E-state index in [0.717, 1.165) is 6.42 Å². The minimum Gasteiger partial charge on any atom is -0.396 e. The summed E-state index contributed by atoms with van der Waals surface area (Å²) in [7, 11) is 0. The van der Waals surface area contributed by atoms with Crippen molar-refractivity contribution in [2.45, 2.75) is 52.9 Å². The molecule has 1 saturated carbocycles. The van der Waals surface area contributed by atoms with Crippen LogP contribution in [0.3, 0.4) is 0 Å². The molecule has 1 rings (SSSR count). The zero-order valence-corrected chi connectivity index (χ0v) is 11.5. The maximum absolute atomic E-state index is 12.2. The van der Waals surface area contributed by atoms with Crippen LogP contribution in [-0.2, 0) is 4.79 Å². The van der Waals surface area contributed by atoms with Crippen molar-refractivity contribution < 1.29 is 9.90 Å². The summed E-state index contributed by atoms with van der Waals surface area (Å²) >= 11 is 0. The lowest BCUT2D eigenvalue weighted by Crippen LogP contribution is -2.42. The molecular formula is C14H27NO2. The van der Waals surface area contributed by atoms with Crippen LogP contribution in [0.25, 0.3) is 0 Å². The van der Waals surface area contributed by atoms with Gasteiger partial charge in [-0.25, -0.2) is 0 Å². The summed E-state index contributed by atoms with van der Waals surface area (Å²) in [6, 6.07) is 0. The highest BCUT2D eigenvalue weighted by Gasteiger charge is 2.37. The largest absolute Gasteiger partial charge is 0.396 e. The molecule has 0 radical (unpaired) electrons. The Bertz CT molecular complexity index is 245. The van der Waals surface area contributed by atoms with Crippen LogP contribution in [-0.4, -0.2) is 24.2 Å². The number of hydrogen-bond acceptors (Lipinski definition) is 2. The van der Waals surface area contributed by atoms with E-state index in [0.29, 0.717) is 18.4 Å². The molecule has 0 spiro atoms. The number of aliphatic hydroxyl groups excluding tert-OH is 1. The minimum absolute atomic E-state index is 0.175. The second-order valence-corrected chi connectivity index (χ2v) is 6.03. The zero-order chi connectivity index (χ0) is 12.9. The van der Waals surface area contributed by atoms with Gasteiger partial charge in [-0.05, 0) is 31.1 Å². The van der Waals surface area contributed by atoms with E-state index in [-0.39, 0.29) is 17.9 Å². The van der Waals surface area contributed by atoms with Gasteiger partial charge in [0.05, 0.1) is 0 Å². The molecule has 0 heterocycles. The van der Waals surface area contributed by atoms with E-state index >= 15 is 0 Å². The van der Waals surface area contributed by atoms with Gasteiger partial charge in [0.2, 0.25) is 5.91 Å². The van der Waals surface area contributed by atoms with Gasteiger partial charge in [-0.2, -0.15) is 0 Å². The topological polar surface area (TPSA) is 49.3 Å². The first-order valence-corrected chi connectivity index (χ1v) is 6.87. The van der Waals surface area contributed by atoms with Gasteiger partial charge < -0.3 is 10.4 Å². The lowest BCUT2D eigenvalue weighted by Gasteiger charge is -2.30. The van der Waals surface area contributed by atoms with Crippen molar-refractivity contribution in [1.82, 2.24) is 5.32 Å². The van der Waals surface area contributed by atoms with Gasteiger partial charge in [0, 0.05) is 18.6 Å². The Morgan fingerprint density at radius 2 is 2.00 bits per heavy atom. The lowest BCUT2D eigenvalue weighted by molar-refractivity contribution is -0.132. The second-order valence-electron chi connectivity index (χ2n) is 6.03. The van der Waals surface area contributed by atoms with Gasteiger partial charge in [-0.1, -0.05) is 33.6 Å². The predicted molar refractivity (Wildman–Crippen MR) is 69.6 cm³/mol. The summed E-state index contributed by atoms with van der Waals surface area (Å²) in [6.07, 6.45) is 5.66. The average molecular weight is 241 g/mol. The number of hydrogen-bond donors (Lipinski definition) is 2. The van der Waals surface area contributed by atoms with Crippen molar-refractivity contribution in [3.8, 4) is 0 Å². The van der Waals surface area contributed by atoms with E-state index in [1.54, 1.807) is 0 Å². The van der Waals surface area contributed by atoms with Crippen molar-refractivity contribution in [3.05, 3.63) is 0 Å². The fraction of sp³-hybridized carbons (Fsp3) is 0.929. The highest BCUT2D eigenvalue weighted by Crippen LogP contribution is 2.39. The predicted octanol–water partition coefficient (Wildman–Crippen LogP) is 2.34. The van der Waals surface area contributed by atoms with Crippen molar-refractivity contribution in [2.24, 2.45) is 17.3 Å². The van der Waals surface area contributed by atoms with Gasteiger partial charge in [0.25, 0.3) is 0 Å². The summed E-state index contributed by atoms with van der Waals surface area (Å²) in [5, 5.41) is 11.9. The molecule has 1 atom stereocenters. The summed E-state index contributed by atoms with van der Waals surface area (Å²) in [6.45, 7) is 7.06. The molecule has 1 fully saturated rings. The molecule has 0 aliphatic heterocycles. The van der Waals surface area contributed by atoms with Crippen LogP contribution < -0.4 is 5.32 Å². The molecule has 0 saturated heterocycles. The fourth-order valence-electron chi connectivity index (χ4n) is 2.65. The Morgan fingerprint density at radius 3 is 2.53 bits per heavy atom. The number of carbonyl (C=O) groups excluding carboxylic acids is 1. The highest BCUT2D eigenvalue weighted by atomic mass is 16.3. The van der Waals surface area contributed by atoms with Crippen LogP contribution in [0.15, 0.2) is 0 Å². The third kappa shape index (κ3) is 3.98. The van der Waals surface area contributed by atoms with E-state index in [4.69, 9.17) is 5.11 Å². The van der Waals surface area contributed by atoms with Crippen LogP contribution >= 0.6 is 0 Å². The van der Waals surface area contributed by atoms with Crippen LogP contribution in [0, 0.1) is 17.3 Å². The molecule has 3 heteroatoms. The monoisotopic (exact) mass is 241 g/mol. The molecule has 3 nitrogen and oxygen atoms in total. The van der Waals surface area contributed by atoms with E-state index in [1.165, 1.54) is 25.7 Å². The van der Waals surface area contributed by atoms with E-state index < -0.39 is 0 Å². The van der Waals surface area contributed by atoms with Crippen LogP contribution in [0.1, 0.15) is 52.9 Å². The number of aliphatic hydroxyl groups is 1. The lowest BCUT2D eigenvalue weighted by atomic mass is 9.77. The molecule has 1 aliphatic carbocycles. The molecule has 100 valence electrons. The smallest absolute Gasteiger partial charge is 0.225 e. The number of carbonyl (C=O) groups is 1. The Kier molecular flexibility index (Phi) is 5.44. The van der Waals surface area contributed by atoms with Gasteiger partial charge in [-0.3, -0.25) is 4.79 Å². The highest BCUT2D eigenvalue weighted by molar-refractivity contribution is 5.82. The quantitative estimate of drug-likeness (QED) is 0.750. The average Bonchev–Trinajstić information content (AvgIpc) is 2.80. The molecule has 1 amide bonds. The molecule has 0 aromatic rings. The number of rotatable bonds is 6. The maximum Gasteiger partial charge on any atom is 0.225 e. The minimum atomic E-state index is -0.241. The normalized spacial score (nSPS) is 19.3. The van der Waals surface area contributed by atoms with E-state index in [2.05, 4.69) is 26.1 Å². The SMILES string of the molecule is CC(CCO)CNC(=O)C(C)(C)C1CCCC1. The fourth-order valence-corrected chi connectivity index (χ4v) is 2.65. The molecule has 1 aliphatic rings. The molecule has 0 bridgehead atoms. The third-order valence-electron chi connectivity index (χ3n) is 4.19. The maximum atomic E-state index is 12.2. The Labute approximate surface area is 105 Å². The Hall–Kier alpha value is -0.570.